The maximum atomic E-state index is 6.16. The first-order valence-corrected chi connectivity index (χ1v) is 6.78. The predicted molar refractivity (Wildman–Crippen MR) is 69.9 cm³/mol. The molecular weight excluding hydrogens is 212 g/mol. The van der Waals surface area contributed by atoms with Gasteiger partial charge in [0.1, 0.15) is 5.82 Å². The monoisotopic (exact) mass is 234 g/mol. The zero-order chi connectivity index (χ0) is 12.0. The van der Waals surface area contributed by atoms with E-state index in [0.717, 1.165) is 35.5 Å². The van der Waals surface area contributed by atoms with Crippen molar-refractivity contribution >= 4 is 11.5 Å². The van der Waals surface area contributed by atoms with E-state index in [-0.39, 0.29) is 0 Å². The van der Waals surface area contributed by atoms with Crippen LogP contribution in [0.4, 0.5) is 11.5 Å². The van der Waals surface area contributed by atoms with Crippen LogP contribution in [-0.4, -0.2) is 15.8 Å². The molecule has 0 amide bonds. The van der Waals surface area contributed by atoms with Crippen molar-refractivity contribution in [3.63, 3.8) is 0 Å². The van der Waals surface area contributed by atoms with Crippen LogP contribution in [0.3, 0.4) is 0 Å². The highest BCUT2D eigenvalue weighted by Crippen LogP contribution is 2.46. The van der Waals surface area contributed by atoms with Gasteiger partial charge in [0.15, 0.2) is 0 Å². The van der Waals surface area contributed by atoms with Crippen molar-refractivity contribution in [3.8, 4) is 0 Å². The molecule has 2 aliphatic carbocycles. The summed E-state index contributed by atoms with van der Waals surface area (Å²) in [5.74, 6) is 2.79. The van der Waals surface area contributed by atoms with Crippen molar-refractivity contribution in [1.82, 2.24) is 9.78 Å². The van der Waals surface area contributed by atoms with Crippen LogP contribution >= 0.6 is 0 Å². The molecule has 1 aromatic rings. The number of aromatic nitrogens is 2. The second-order valence-electron chi connectivity index (χ2n) is 5.53. The number of nitrogens with two attached hydrogens (primary N) is 1. The van der Waals surface area contributed by atoms with Crippen LogP contribution in [0.1, 0.15) is 38.3 Å². The fourth-order valence-electron chi connectivity index (χ4n) is 2.72. The summed E-state index contributed by atoms with van der Waals surface area (Å²) in [6.07, 6.45) is 6.43. The first-order valence-electron chi connectivity index (χ1n) is 6.78. The van der Waals surface area contributed by atoms with Crippen molar-refractivity contribution in [2.24, 2.45) is 18.9 Å². The van der Waals surface area contributed by atoms with Gasteiger partial charge < -0.3 is 11.1 Å². The minimum Gasteiger partial charge on any atom is -0.394 e. The van der Waals surface area contributed by atoms with Crippen LogP contribution in [0, 0.1) is 11.8 Å². The first kappa shape index (κ1) is 10.9. The fourth-order valence-corrected chi connectivity index (χ4v) is 2.72. The van der Waals surface area contributed by atoms with Crippen molar-refractivity contribution in [1.29, 1.82) is 0 Å². The van der Waals surface area contributed by atoms with Gasteiger partial charge in [-0.3, -0.25) is 4.68 Å². The average molecular weight is 234 g/mol. The molecule has 0 saturated heterocycles. The van der Waals surface area contributed by atoms with Gasteiger partial charge in [-0.15, -0.1) is 0 Å². The highest BCUT2D eigenvalue weighted by Gasteiger charge is 2.42. The number of anilines is 2. The summed E-state index contributed by atoms with van der Waals surface area (Å²) >= 11 is 0. The molecule has 2 saturated carbocycles. The molecule has 2 fully saturated rings. The smallest absolute Gasteiger partial charge is 0.148 e. The zero-order valence-corrected chi connectivity index (χ0v) is 10.7. The molecule has 0 spiro atoms. The van der Waals surface area contributed by atoms with E-state index in [2.05, 4.69) is 17.3 Å². The molecule has 0 aliphatic heterocycles. The molecule has 1 aromatic heterocycles. The van der Waals surface area contributed by atoms with E-state index in [1.807, 2.05) is 11.7 Å². The Bertz CT molecular complexity index is 403. The first-order chi connectivity index (χ1) is 8.20. The van der Waals surface area contributed by atoms with Gasteiger partial charge in [-0.05, 0) is 43.9 Å². The Morgan fingerprint density at radius 2 is 1.94 bits per heavy atom. The third kappa shape index (κ3) is 2.01. The van der Waals surface area contributed by atoms with Crippen LogP contribution in [0.2, 0.25) is 0 Å². The quantitative estimate of drug-likeness (QED) is 0.821. The second-order valence-corrected chi connectivity index (χ2v) is 5.53. The molecule has 0 radical (unpaired) electrons. The standard InChI is InChI=1S/C13H22N4/c1-3-10-11(14)13(17(2)16-10)15-12(8-4-5-8)9-6-7-9/h8-9,12,15H,3-7,14H2,1-2H3. The summed E-state index contributed by atoms with van der Waals surface area (Å²) in [7, 11) is 1.98. The largest absolute Gasteiger partial charge is 0.394 e. The van der Waals surface area contributed by atoms with Crippen LogP contribution in [0.5, 0.6) is 0 Å². The van der Waals surface area contributed by atoms with Gasteiger partial charge in [0.2, 0.25) is 0 Å². The molecule has 1 heterocycles. The van der Waals surface area contributed by atoms with Crippen LogP contribution in [0.15, 0.2) is 0 Å². The summed E-state index contributed by atoms with van der Waals surface area (Å²) in [5.41, 5.74) is 8.02. The average Bonchev–Trinajstić information content (AvgIpc) is 3.17. The van der Waals surface area contributed by atoms with Crippen LogP contribution in [0.25, 0.3) is 0 Å². The van der Waals surface area contributed by atoms with Gasteiger partial charge in [-0.25, -0.2) is 0 Å². The van der Waals surface area contributed by atoms with E-state index < -0.39 is 0 Å². The SMILES string of the molecule is CCc1nn(C)c(NC(C2CC2)C2CC2)c1N. The lowest BCUT2D eigenvalue weighted by molar-refractivity contribution is 0.560. The van der Waals surface area contributed by atoms with E-state index in [1.165, 1.54) is 25.7 Å². The topological polar surface area (TPSA) is 55.9 Å². The van der Waals surface area contributed by atoms with Gasteiger partial charge in [0, 0.05) is 13.1 Å². The highest BCUT2D eigenvalue weighted by molar-refractivity contribution is 5.65. The molecule has 0 bridgehead atoms. The summed E-state index contributed by atoms with van der Waals surface area (Å²) in [6.45, 7) is 2.10. The van der Waals surface area contributed by atoms with Crippen molar-refractivity contribution in [2.45, 2.75) is 45.1 Å². The molecule has 0 unspecified atom stereocenters. The van der Waals surface area contributed by atoms with E-state index in [4.69, 9.17) is 5.73 Å². The molecule has 0 atom stereocenters. The zero-order valence-electron chi connectivity index (χ0n) is 10.7. The van der Waals surface area contributed by atoms with Crippen molar-refractivity contribution in [3.05, 3.63) is 5.69 Å². The Balaban J connectivity index is 1.80. The van der Waals surface area contributed by atoms with E-state index in [9.17, 15) is 0 Å². The Hall–Kier alpha value is -1.19. The maximum absolute atomic E-state index is 6.16. The molecular formula is C13H22N4. The lowest BCUT2D eigenvalue weighted by atomic mass is 10.1. The molecule has 0 aromatic carbocycles. The van der Waals surface area contributed by atoms with E-state index in [1.54, 1.807) is 0 Å². The molecule has 2 aliphatic rings. The Morgan fingerprint density at radius 3 is 2.35 bits per heavy atom. The normalized spacial score (nSPS) is 19.9. The Morgan fingerprint density at radius 1 is 1.35 bits per heavy atom. The molecule has 94 valence electrons. The maximum Gasteiger partial charge on any atom is 0.148 e. The van der Waals surface area contributed by atoms with Gasteiger partial charge in [-0.2, -0.15) is 5.10 Å². The number of nitrogen functional groups attached to an aromatic ring is 1. The highest BCUT2D eigenvalue weighted by atomic mass is 15.3. The lowest BCUT2D eigenvalue weighted by Gasteiger charge is -2.19. The number of nitrogens with one attached hydrogen (secondary N) is 1. The number of rotatable bonds is 5. The van der Waals surface area contributed by atoms with Crippen LogP contribution < -0.4 is 11.1 Å². The predicted octanol–water partition coefficient (Wildman–Crippen LogP) is 2.17. The number of hydrogen-bond donors (Lipinski definition) is 2. The van der Waals surface area contributed by atoms with Gasteiger partial charge >= 0.3 is 0 Å². The van der Waals surface area contributed by atoms with E-state index >= 15 is 0 Å². The summed E-state index contributed by atoms with van der Waals surface area (Å²) in [6, 6.07) is 0.636. The van der Waals surface area contributed by atoms with Gasteiger partial charge in [0.25, 0.3) is 0 Å². The minimum atomic E-state index is 0.636. The molecule has 3 N–H and O–H groups in total. The fraction of sp³-hybridized carbons (Fsp3) is 0.769. The number of nitrogens with zero attached hydrogens (tertiary/aromatic N) is 2. The van der Waals surface area contributed by atoms with Gasteiger partial charge in [-0.1, -0.05) is 6.92 Å². The minimum absolute atomic E-state index is 0.636. The van der Waals surface area contributed by atoms with Crippen molar-refractivity contribution in [2.75, 3.05) is 11.1 Å². The van der Waals surface area contributed by atoms with E-state index in [0.29, 0.717) is 6.04 Å². The van der Waals surface area contributed by atoms with Crippen LogP contribution in [-0.2, 0) is 13.5 Å². The molecule has 3 rings (SSSR count). The second kappa shape index (κ2) is 3.93. The van der Waals surface area contributed by atoms with Crippen molar-refractivity contribution < 1.29 is 0 Å². The summed E-state index contributed by atoms with van der Waals surface area (Å²) < 4.78 is 1.91. The Labute approximate surface area is 103 Å². The van der Waals surface area contributed by atoms with Gasteiger partial charge in [0.05, 0.1) is 11.4 Å². The molecule has 4 nitrogen and oxygen atoms in total. The molecule has 4 heteroatoms. The third-order valence-corrected chi connectivity index (χ3v) is 4.06. The summed E-state index contributed by atoms with van der Waals surface area (Å²) in [4.78, 5) is 0. The summed E-state index contributed by atoms with van der Waals surface area (Å²) in [5, 5.41) is 8.14. The lowest BCUT2D eigenvalue weighted by Crippen LogP contribution is -2.26. The molecule has 17 heavy (non-hydrogen) atoms. The number of hydrogen-bond acceptors (Lipinski definition) is 3. The number of aryl methyl sites for hydroxylation is 2. The Kier molecular flexibility index (Phi) is 2.53. The third-order valence-electron chi connectivity index (χ3n) is 4.06.